The molecular weight excluding hydrogens is 462 g/mol. The van der Waals surface area contributed by atoms with Crippen LogP contribution >= 0.6 is 11.6 Å². The van der Waals surface area contributed by atoms with E-state index in [0.717, 1.165) is 0 Å². The predicted molar refractivity (Wildman–Crippen MR) is 124 cm³/mol. The minimum Gasteiger partial charge on any atom is -0.507 e. The minimum atomic E-state index is -0.950. The van der Waals surface area contributed by atoms with Crippen molar-refractivity contribution < 1.29 is 33.3 Å². The molecule has 1 aliphatic heterocycles. The molecule has 0 saturated carbocycles. The third kappa shape index (κ3) is 4.08. The molecule has 4 rings (SSSR count). The molecule has 2 heterocycles. The number of amides is 1. The van der Waals surface area contributed by atoms with E-state index in [1.807, 2.05) is 0 Å². The number of Topliss-reactive ketones (excluding diaryl/α,β-unsaturated/α-hetero) is 1. The first kappa shape index (κ1) is 23.3. The van der Waals surface area contributed by atoms with Gasteiger partial charge in [0, 0.05) is 10.6 Å². The van der Waals surface area contributed by atoms with E-state index >= 15 is 0 Å². The smallest absolute Gasteiger partial charge is 0.296 e. The number of aliphatic hydroxyl groups is 1. The standard InChI is InChI=1S/C25H22ClNO7/c1-31-18-11-15(12-19(32-2)24(18)33-3)21-20(22(28)14-6-8-16(26)9-7-14)23(29)25(30)27(21)13-17-5-4-10-34-17/h4-12,21,28H,13H2,1-3H3. The van der Waals surface area contributed by atoms with Crippen molar-refractivity contribution >= 4 is 29.1 Å². The van der Waals surface area contributed by atoms with Gasteiger partial charge in [0.1, 0.15) is 11.5 Å². The van der Waals surface area contributed by atoms with Crippen molar-refractivity contribution in [2.24, 2.45) is 0 Å². The summed E-state index contributed by atoms with van der Waals surface area (Å²) in [5.41, 5.74) is 0.752. The Bertz CT molecular complexity index is 1220. The molecule has 1 atom stereocenters. The molecule has 3 aromatic rings. The third-order valence-electron chi connectivity index (χ3n) is 5.57. The third-order valence-corrected chi connectivity index (χ3v) is 5.82. The van der Waals surface area contributed by atoms with E-state index in [1.165, 1.54) is 32.5 Å². The number of rotatable bonds is 7. The second-order valence-corrected chi connectivity index (χ2v) is 7.91. The topological polar surface area (TPSA) is 98.4 Å². The van der Waals surface area contributed by atoms with Gasteiger partial charge >= 0.3 is 0 Å². The van der Waals surface area contributed by atoms with Crippen LogP contribution < -0.4 is 14.2 Å². The molecule has 8 nitrogen and oxygen atoms in total. The molecule has 0 radical (unpaired) electrons. The van der Waals surface area contributed by atoms with Gasteiger partial charge in [0.05, 0.1) is 45.8 Å². The van der Waals surface area contributed by atoms with Crippen LogP contribution in [0.15, 0.2) is 64.8 Å². The highest BCUT2D eigenvalue weighted by molar-refractivity contribution is 6.46. The Labute approximate surface area is 200 Å². The number of methoxy groups -OCH3 is 3. The zero-order valence-electron chi connectivity index (χ0n) is 18.7. The Kier molecular flexibility index (Phi) is 6.51. The van der Waals surface area contributed by atoms with Gasteiger partial charge in [-0.1, -0.05) is 11.6 Å². The normalized spacial score (nSPS) is 17.2. The number of halogens is 1. The van der Waals surface area contributed by atoms with Crippen LogP contribution in [-0.4, -0.2) is 43.0 Å². The Morgan fingerprint density at radius 3 is 2.21 bits per heavy atom. The van der Waals surface area contributed by atoms with Gasteiger partial charge in [-0.3, -0.25) is 9.59 Å². The maximum absolute atomic E-state index is 13.2. The van der Waals surface area contributed by atoms with Gasteiger partial charge in [-0.2, -0.15) is 0 Å². The fourth-order valence-electron chi connectivity index (χ4n) is 3.98. The fraction of sp³-hybridized carbons (Fsp3) is 0.200. The van der Waals surface area contributed by atoms with E-state index in [4.69, 9.17) is 30.2 Å². The van der Waals surface area contributed by atoms with Crippen LogP contribution in [0.4, 0.5) is 0 Å². The van der Waals surface area contributed by atoms with Gasteiger partial charge in [-0.05, 0) is 54.1 Å². The number of benzene rings is 2. The summed E-state index contributed by atoms with van der Waals surface area (Å²) in [5, 5.41) is 11.6. The number of carbonyl (C=O) groups is 2. The molecule has 1 unspecified atom stereocenters. The first-order valence-corrected chi connectivity index (χ1v) is 10.6. The lowest BCUT2D eigenvalue weighted by atomic mass is 9.94. The number of ketones is 1. The average molecular weight is 484 g/mol. The van der Waals surface area contributed by atoms with Crippen molar-refractivity contribution in [1.82, 2.24) is 4.90 Å². The van der Waals surface area contributed by atoms with Gasteiger partial charge in [-0.15, -0.1) is 0 Å². The maximum Gasteiger partial charge on any atom is 0.296 e. The Hall–Kier alpha value is -3.91. The number of nitrogens with zero attached hydrogens (tertiary/aromatic N) is 1. The summed E-state index contributed by atoms with van der Waals surface area (Å²) in [5.74, 6) is -0.404. The summed E-state index contributed by atoms with van der Waals surface area (Å²) in [7, 11) is 4.41. The minimum absolute atomic E-state index is 0.0102. The molecule has 1 N–H and O–H groups in total. The lowest BCUT2D eigenvalue weighted by molar-refractivity contribution is -0.140. The average Bonchev–Trinajstić information content (AvgIpc) is 3.45. The highest BCUT2D eigenvalue weighted by Gasteiger charge is 2.47. The zero-order valence-corrected chi connectivity index (χ0v) is 19.5. The second-order valence-electron chi connectivity index (χ2n) is 7.47. The van der Waals surface area contributed by atoms with Gasteiger partial charge in [-0.25, -0.2) is 0 Å². The fourth-order valence-corrected chi connectivity index (χ4v) is 4.11. The van der Waals surface area contributed by atoms with E-state index in [9.17, 15) is 14.7 Å². The van der Waals surface area contributed by atoms with Crippen molar-refractivity contribution in [2.75, 3.05) is 21.3 Å². The van der Waals surface area contributed by atoms with Crippen molar-refractivity contribution in [2.45, 2.75) is 12.6 Å². The first-order valence-electron chi connectivity index (χ1n) is 10.3. The molecular formula is C25H22ClNO7. The summed E-state index contributed by atoms with van der Waals surface area (Å²) in [6.45, 7) is 0.0102. The molecule has 176 valence electrons. The van der Waals surface area contributed by atoms with E-state index in [0.29, 0.717) is 39.2 Å². The van der Waals surface area contributed by atoms with E-state index in [1.54, 1.807) is 48.5 Å². The van der Waals surface area contributed by atoms with Crippen LogP contribution in [0.25, 0.3) is 5.76 Å². The lowest BCUT2D eigenvalue weighted by Gasteiger charge is -2.26. The van der Waals surface area contributed by atoms with Crippen LogP contribution in [0, 0.1) is 0 Å². The van der Waals surface area contributed by atoms with E-state index in [-0.39, 0.29) is 17.9 Å². The molecule has 1 amide bonds. The Morgan fingerprint density at radius 2 is 1.68 bits per heavy atom. The molecule has 34 heavy (non-hydrogen) atoms. The summed E-state index contributed by atoms with van der Waals surface area (Å²) in [6, 6.07) is 12.0. The lowest BCUT2D eigenvalue weighted by Crippen LogP contribution is -2.29. The summed E-state index contributed by atoms with van der Waals surface area (Å²) in [6.07, 6.45) is 1.48. The number of ether oxygens (including phenoxy) is 3. The van der Waals surface area contributed by atoms with Crippen LogP contribution in [0.2, 0.25) is 5.02 Å². The van der Waals surface area contributed by atoms with Crippen LogP contribution in [0.5, 0.6) is 17.2 Å². The zero-order chi connectivity index (χ0) is 24.4. The predicted octanol–water partition coefficient (Wildman–Crippen LogP) is 4.58. The van der Waals surface area contributed by atoms with Crippen molar-refractivity contribution in [3.05, 3.63) is 82.3 Å². The number of carbonyl (C=O) groups excluding carboxylic acids is 2. The molecule has 1 saturated heterocycles. The quantitative estimate of drug-likeness (QED) is 0.298. The molecule has 0 bridgehead atoms. The highest BCUT2D eigenvalue weighted by Crippen LogP contribution is 2.46. The first-order chi connectivity index (χ1) is 16.4. The number of furan rings is 1. The SMILES string of the molecule is COc1cc(C2C(=C(O)c3ccc(Cl)cc3)C(=O)C(=O)N2Cc2ccco2)cc(OC)c1OC. The van der Waals surface area contributed by atoms with E-state index in [2.05, 4.69) is 0 Å². The van der Waals surface area contributed by atoms with Gasteiger partial charge < -0.3 is 28.6 Å². The Morgan fingerprint density at radius 1 is 1.03 bits per heavy atom. The summed E-state index contributed by atoms with van der Waals surface area (Å²) in [4.78, 5) is 27.7. The van der Waals surface area contributed by atoms with Crippen LogP contribution in [-0.2, 0) is 16.1 Å². The largest absolute Gasteiger partial charge is 0.507 e. The molecule has 0 spiro atoms. The van der Waals surface area contributed by atoms with Gasteiger partial charge in [0.15, 0.2) is 11.5 Å². The number of likely N-dealkylation sites (tertiary alicyclic amines) is 1. The molecule has 1 aromatic heterocycles. The maximum atomic E-state index is 13.2. The van der Waals surface area contributed by atoms with Gasteiger partial charge in [0.2, 0.25) is 5.75 Å². The monoisotopic (exact) mass is 483 g/mol. The number of aliphatic hydroxyl groups excluding tert-OH is 1. The van der Waals surface area contributed by atoms with Gasteiger partial charge in [0.25, 0.3) is 11.7 Å². The number of hydrogen-bond acceptors (Lipinski definition) is 7. The summed E-state index contributed by atoms with van der Waals surface area (Å²) >= 11 is 5.97. The van der Waals surface area contributed by atoms with Crippen LogP contribution in [0.3, 0.4) is 0 Å². The summed E-state index contributed by atoms with van der Waals surface area (Å²) < 4.78 is 21.7. The van der Waals surface area contributed by atoms with Crippen molar-refractivity contribution in [3.63, 3.8) is 0 Å². The molecule has 1 fully saturated rings. The molecule has 9 heteroatoms. The number of hydrogen-bond donors (Lipinski definition) is 1. The van der Waals surface area contributed by atoms with Crippen molar-refractivity contribution in [3.8, 4) is 17.2 Å². The van der Waals surface area contributed by atoms with E-state index < -0.39 is 17.7 Å². The highest BCUT2D eigenvalue weighted by atomic mass is 35.5. The van der Waals surface area contributed by atoms with Crippen molar-refractivity contribution in [1.29, 1.82) is 0 Å². The molecule has 1 aliphatic rings. The molecule has 2 aromatic carbocycles. The second kappa shape index (κ2) is 9.52. The molecule has 0 aliphatic carbocycles. The van der Waals surface area contributed by atoms with Crippen LogP contribution in [0.1, 0.15) is 22.9 Å². The Balaban J connectivity index is 1.94.